The molecule has 1 heterocycles. The summed E-state index contributed by atoms with van der Waals surface area (Å²) in [6, 6.07) is 6.90. The minimum atomic E-state index is -0.231. The Kier molecular flexibility index (Phi) is 3.91. The molecular formula is C13H13N3O2S. The third kappa shape index (κ3) is 3.62. The van der Waals surface area contributed by atoms with E-state index in [4.69, 9.17) is 0 Å². The van der Waals surface area contributed by atoms with Crippen molar-refractivity contribution in [1.82, 2.24) is 4.98 Å². The fourth-order valence-corrected chi connectivity index (χ4v) is 2.17. The number of aromatic nitrogens is 1. The van der Waals surface area contributed by atoms with E-state index >= 15 is 0 Å². The maximum Gasteiger partial charge on any atom is 0.284 e. The van der Waals surface area contributed by atoms with Crippen molar-refractivity contribution in [1.29, 1.82) is 0 Å². The molecule has 98 valence electrons. The normalized spacial score (nSPS) is 10.0. The topological polar surface area (TPSA) is 71.1 Å². The van der Waals surface area contributed by atoms with E-state index in [2.05, 4.69) is 15.6 Å². The van der Waals surface area contributed by atoms with Crippen molar-refractivity contribution in [3.8, 4) is 0 Å². The highest BCUT2D eigenvalue weighted by atomic mass is 32.1. The van der Waals surface area contributed by atoms with Gasteiger partial charge in [0.05, 0.1) is 0 Å². The van der Waals surface area contributed by atoms with E-state index in [0.717, 1.165) is 5.69 Å². The molecule has 0 spiro atoms. The number of rotatable bonds is 3. The molecule has 1 aromatic carbocycles. The summed E-state index contributed by atoms with van der Waals surface area (Å²) in [7, 11) is 0. The van der Waals surface area contributed by atoms with Crippen LogP contribution in [0.3, 0.4) is 0 Å². The van der Waals surface area contributed by atoms with Gasteiger partial charge in [-0.2, -0.15) is 0 Å². The van der Waals surface area contributed by atoms with E-state index in [9.17, 15) is 9.59 Å². The fraction of sp³-hybridized carbons (Fsp3) is 0.154. The molecule has 19 heavy (non-hydrogen) atoms. The van der Waals surface area contributed by atoms with E-state index in [-0.39, 0.29) is 11.8 Å². The zero-order chi connectivity index (χ0) is 13.8. The highest BCUT2D eigenvalue weighted by molar-refractivity contribution is 7.11. The maximum atomic E-state index is 11.9. The van der Waals surface area contributed by atoms with Gasteiger partial charge in [0.25, 0.3) is 5.91 Å². The maximum absolute atomic E-state index is 11.9. The van der Waals surface area contributed by atoms with Crippen molar-refractivity contribution in [3.05, 3.63) is 40.3 Å². The molecule has 0 fully saturated rings. The summed E-state index contributed by atoms with van der Waals surface area (Å²) in [5, 5.41) is 7.67. The van der Waals surface area contributed by atoms with Gasteiger partial charge < -0.3 is 10.6 Å². The van der Waals surface area contributed by atoms with Gasteiger partial charge in [0, 0.05) is 29.4 Å². The van der Waals surface area contributed by atoms with Gasteiger partial charge in [-0.05, 0) is 31.2 Å². The fourth-order valence-electron chi connectivity index (χ4n) is 1.48. The molecule has 2 N–H and O–H groups in total. The van der Waals surface area contributed by atoms with Crippen LogP contribution < -0.4 is 10.6 Å². The number of carbonyl (C=O) groups is 2. The van der Waals surface area contributed by atoms with Crippen LogP contribution in [0, 0.1) is 6.92 Å². The molecule has 2 amide bonds. The first-order valence-electron chi connectivity index (χ1n) is 5.66. The SMILES string of the molecule is CC(=O)Nc1ccc(NC(=O)c2nc(C)cs2)cc1. The van der Waals surface area contributed by atoms with E-state index in [1.165, 1.54) is 18.3 Å². The Bertz CT molecular complexity index is 605. The molecule has 0 saturated heterocycles. The molecule has 1 aromatic heterocycles. The average molecular weight is 275 g/mol. The van der Waals surface area contributed by atoms with Gasteiger partial charge in [0.2, 0.25) is 5.91 Å². The molecule has 0 atom stereocenters. The van der Waals surface area contributed by atoms with E-state index < -0.39 is 0 Å². The number of nitrogens with zero attached hydrogens (tertiary/aromatic N) is 1. The summed E-state index contributed by atoms with van der Waals surface area (Å²) >= 11 is 1.31. The number of benzene rings is 1. The van der Waals surface area contributed by atoms with Gasteiger partial charge in [-0.3, -0.25) is 9.59 Å². The van der Waals surface area contributed by atoms with Crippen LogP contribution in [0.5, 0.6) is 0 Å². The van der Waals surface area contributed by atoms with Crippen molar-refractivity contribution < 1.29 is 9.59 Å². The van der Waals surface area contributed by atoms with Crippen molar-refractivity contribution in [2.24, 2.45) is 0 Å². The number of carbonyl (C=O) groups excluding carboxylic acids is 2. The minimum Gasteiger partial charge on any atom is -0.326 e. The quantitative estimate of drug-likeness (QED) is 0.904. The highest BCUT2D eigenvalue weighted by Gasteiger charge is 2.09. The second-order valence-electron chi connectivity index (χ2n) is 4.01. The standard InChI is InChI=1S/C13H13N3O2S/c1-8-7-19-13(14-8)12(18)16-11-5-3-10(4-6-11)15-9(2)17/h3-7H,1-2H3,(H,15,17)(H,16,18). The second-order valence-corrected chi connectivity index (χ2v) is 4.86. The first kappa shape index (κ1) is 13.2. The van der Waals surface area contributed by atoms with Crippen molar-refractivity contribution in [2.75, 3.05) is 10.6 Å². The lowest BCUT2D eigenvalue weighted by Gasteiger charge is -2.05. The van der Waals surface area contributed by atoms with E-state index in [0.29, 0.717) is 16.4 Å². The Hall–Kier alpha value is -2.21. The number of nitrogens with one attached hydrogen (secondary N) is 2. The first-order valence-corrected chi connectivity index (χ1v) is 6.53. The molecule has 0 unspecified atom stereocenters. The Morgan fingerprint density at radius 2 is 1.68 bits per heavy atom. The number of aryl methyl sites for hydroxylation is 1. The van der Waals surface area contributed by atoms with Crippen molar-refractivity contribution in [3.63, 3.8) is 0 Å². The van der Waals surface area contributed by atoms with Crippen LogP contribution in [-0.4, -0.2) is 16.8 Å². The molecule has 0 aliphatic rings. The van der Waals surface area contributed by atoms with Gasteiger partial charge >= 0.3 is 0 Å². The van der Waals surface area contributed by atoms with Gasteiger partial charge in [-0.1, -0.05) is 0 Å². The number of anilines is 2. The van der Waals surface area contributed by atoms with Gasteiger partial charge in [0.1, 0.15) is 0 Å². The Morgan fingerprint density at radius 1 is 1.11 bits per heavy atom. The van der Waals surface area contributed by atoms with Crippen LogP contribution in [0.4, 0.5) is 11.4 Å². The summed E-state index contributed by atoms with van der Waals surface area (Å²) in [5.74, 6) is -0.361. The molecule has 6 heteroatoms. The molecule has 5 nitrogen and oxygen atoms in total. The summed E-state index contributed by atoms with van der Waals surface area (Å²) in [6.07, 6.45) is 0. The van der Waals surface area contributed by atoms with Crippen LogP contribution in [-0.2, 0) is 4.79 Å². The number of thiazole rings is 1. The van der Waals surface area contributed by atoms with Crippen molar-refractivity contribution in [2.45, 2.75) is 13.8 Å². The first-order chi connectivity index (χ1) is 9.04. The lowest BCUT2D eigenvalue weighted by Crippen LogP contribution is -2.11. The Morgan fingerprint density at radius 3 is 2.16 bits per heavy atom. The van der Waals surface area contributed by atoms with E-state index in [1.807, 2.05) is 12.3 Å². The van der Waals surface area contributed by atoms with Crippen molar-refractivity contribution >= 4 is 34.5 Å². The number of amides is 2. The monoisotopic (exact) mass is 275 g/mol. The predicted molar refractivity (Wildman–Crippen MR) is 75.5 cm³/mol. The summed E-state index contributed by atoms with van der Waals surface area (Å²) in [5.41, 5.74) is 2.18. The van der Waals surface area contributed by atoms with Gasteiger partial charge in [-0.25, -0.2) is 4.98 Å². The summed E-state index contributed by atoms with van der Waals surface area (Å²) in [6.45, 7) is 3.29. The summed E-state index contributed by atoms with van der Waals surface area (Å²) in [4.78, 5) is 26.8. The molecule has 0 aliphatic heterocycles. The lowest BCUT2D eigenvalue weighted by molar-refractivity contribution is -0.114. The zero-order valence-corrected chi connectivity index (χ0v) is 11.4. The smallest absolute Gasteiger partial charge is 0.284 e. The second kappa shape index (κ2) is 5.62. The molecule has 0 saturated carbocycles. The van der Waals surface area contributed by atoms with E-state index in [1.54, 1.807) is 24.3 Å². The molecule has 0 bridgehead atoms. The molecule has 2 rings (SSSR count). The average Bonchev–Trinajstić information content (AvgIpc) is 2.78. The molecule has 0 aliphatic carbocycles. The van der Waals surface area contributed by atoms with Crippen LogP contribution in [0.2, 0.25) is 0 Å². The summed E-state index contributed by atoms with van der Waals surface area (Å²) < 4.78 is 0. The lowest BCUT2D eigenvalue weighted by atomic mass is 10.2. The largest absolute Gasteiger partial charge is 0.326 e. The molecular weight excluding hydrogens is 262 g/mol. The molecule has 0 radical (unpaired) electrons. The van der Waals surface area contributed by atoms with Crippen LogP contribution in [0.1, 0.15) is 22.4 Å². The van der Waals surface area contributed by atoms with Crippen LogP contribution in [0.25, 0.3) is 0 Å². The highest BCUT2D eigenvalue weighted by Crippen LogP contribution is 2.16. The molecule has 2 aromatic rings. The van der Waals surface area contributed by atoms with Gasteiger partial charge in [-0.15, -0.1) is 11.3 Å². The number of hydrogen-bond acceptors (Lipinski definition) is 4. The van der Waals surface area contributed by atoms with Crippen LogP contribution in [0.15, 0.2) is 29.6 Å². The zero-order valence-electron chi connectivity index (χ0n) is 10.6. The van der Waals surface area contributed by atoms with Gasteiger partial charge in [0.15, 0.2) is 5.01 Å². The van der Waals surface area contributed by atoms with Crippen LogP contribution >= 0.6 is 11.3 Å². The third-order valence-corrected chi connectivity index (χ3v) is 3.24. The third-order valence-electron chi connectivity index (χ3n) is 2.28. The Balaban J connectivity index is 2.03. The predicted octanol–water partition coefficient (Wildman–Crippen LogP) is 2.66. The number of hydrogen-bond donors (Lipinski definition) is 2. The Labute approximate surface area is 114 Å². The minimum absolute atomic E-state index is 0.130.